The Morgan fingerprint density at radius 2 is 1.67 bits per heavy atom. The third-order valence-corrected chi connectivity index (χ3v) is 2.89. The lowest BCUT2D eigenvalue weighted by Gasteiger charge is -2.10. The van der Waals surface area contributed by atoms with Gasteiger partial charge in [0.05, 0.1) is 0 Å². The number of hydrogen-bond donors (Lipinski definition) is 1. The van der Waals surface area contributed by atoms with Crippen molar-refractivity contribution in [2.24, 2.45) is 5.73 Å². The average Bonchev–Trinajstić information content (AvgIpc) is 2.27. The Hall–Kier alpha value is -1.22. The Morgan fingerprint density at radius 1 is 1.00 bits per heavy atom. The van der Waals surface area contributed by atoms with E-state index in [1.165, 1.54) is 0 Å². The Kier molecular flexibility index (Phi) is 4.12. The van der Waals surface area contributed by atoms with Crippen LogP contribution < -0.4 is 10.5 Å². The van der Waals surface area contributed by atoms with Crippen molar-refractivity contribution in [2.45, 2.75) is 13.0 Å². The predicted molar refractivity (Wildman–Crippen MR) is 75.6 cm³/mol. The Labute approximate surface area is 116 Å². The molecule has 0 saturated heterocycles. The fraction of sp³-hybridized carbons (Fsp3) is 0.143. The molecule has 0 bridgehead atoms. The smallest absolute Gasteiger partial charge is 0.130 e. The van der Waals surface area contributed by atoms with E-state index in [1.54, 1.807) is 18.2 Å². The summed E-state index contributed by atoms with van der Waals surface area (Å²) in [6.07, 6.45) is 0. The highest BCUT2D eigenvalue weighted by molar-refractivity contribution is 6.34. The van der Waals surface area contributed by atoms with E-state index in [2.05, 4.69) is 0 Å². The monoisotopic (exact) mass is 281 g/mol. The number of benzene rings is 2. The van der Waals surface area contributed by atoms with Crippen LogP contribution in [-0.4, -0.2) is 0 Å². The van der Waals surface area contributed by atoms with Gasteiger partial charge in [0, 0.05) is 16.1 Å². The molecule has 2 aromatic rings. The number of halogens is 2. The summed E-state index contributed by atoms with van der Waals surface area (Å²) in [7, 11) is 0. The topological polar surface area (TPSA) is 35.2 Å². The molecular formula is C14H13Cl2NO. The van der Waals surface area contributed by atoms with Crippen LogP contribution in [0.4, 0.5) is 0 Å². The quantitative estimate of drug-likeness (QED) is 0.877. The third-order valence-electron chi connectivity index (χ3n) is 2.46. The second-order valence-corrected chi connectivity index (χ2v) is 4.94. The van der Waals surface area contributed by atoms with Gasteiger partial charge in [0.25, 0.3) is 0 Å². The fourth-order valence-corrected chi connectivity index (χ4v) is 2.09. The molecule has 2 aromatic carbocycles. The largest absolute Gasteiger partial charge is 0.457 e. The van der Waals surface area contributed by atoms with Gasteiger partial charge in [0.2, 0.25) is 0 Å². The second kappa shape index (κ2) is 5.61. The zero-order chi connectivity index (χ0) is 13.1. The van der Waals surface area contributed by atoms with Crippen molar-refractivity contribution >= 4 is 23.2 Å². The fourth-order valence-electron chi connectivity index (χ4n) is 1.58. The molecule has 0 aliphatic heterocycles. The summed E-state index contributed by atoms with van der Waals surface area (Å²) in [6.45, 7) is 1.93. The molecule has 0 saturated carbocycles. The van der Waals surface area contributed by atoms with E-state index in [-0.39, 0.29) is 6.04 Å². The van der Waals surface area contributed by atoms with Crippen LogP contribution in [0.3, 0.4) is 0 Å². The van der Waals surface area contributed by atoms with Crippen molar-refractivity contribution in [1.29, 1.82) is 0 Å². The third kappa shape index (κ3) is 3.39. The first-order chi connectivity index (χ1) is 8.54. The van der Waals surface area contributed by atoms with Crippen LogP contribution in [0.15, 0.2) is 42.5 Å². The van der Waals surface area contributed by atoms with Crippen LogP contribution in [0.2, 0.25) is 10.0 Å². The molecule has 0 aliphatic rings. The summed E-state index contributed by atoms with van der Waals surface area (Å²) < 4.78 is 5.71. The van der Waals surface area contributed by atoms with Gasteiger partial charge < -0.3 is 10.5 Å². The van der Waals surface area contributed by atoms with Crippen LogP contribution in [-0.2, 0) is 0 Å². The highest BCUT2D eigenvalue weighted by Gasteiger charge is 2.04. The summed E-state index contributed by atoms with van der Waals surface area (Å²) in [5.41, 5.74) is 6.84. The van der Waals surface area contributed by atoms with Crippen molar-refractivity contribution in [1.82, 2.24) is 0 Å². The highest BCUT2D eigenvalue weighted by Crippen LogP contribution is 2.29. The minimum absolute atomic E-state index is 0.0310. The van der Waals surface area contributed by atoms with E-state index in [0.29, 0.717) is 21.5 Å². The molecule has 0 aliphatic carbocycles. The van der Waals surface area contributed by atoms with E-state index < -0.39 is 0 Å². The first-order valence-electron chi connectivity index (χ1n) is 5.54. The van der Waals surface area contributed by atoms with Crippen LogP contribution in [0.5, 0.6) is 11.5 Å². The van der Waals surface area contributed by atoms with Gasteiger partial charge in [-0.2, -0.15) is 0 Å². The van der Waals surface area contributed by atoms with Gasteiger partial charge in [-0.15, -0.1) is 0 Å². The zero-order valence-electron chi connectivity index (χ0n) is 9.86. The van der Waals surface area contributed by atoms with Gasteiger partial charge in [-0.25, -0.2) is 0 Å². The molecule has 94 valence electrons. The highest BCUT2D eigenvalue weighted by atomic mass is 35.5. The standard InChI is InChI=1S/C14H13Cl2NO/c1-9(17)10-3-2-4-13(5-10)18-14-7-11(15)6-12(16)8-14/h2-9H,17H2,1H3. The SMILES string of the molecule is CC(N)c1cccc(Oc2cc(Cl)cc(Cl)c2)c1. The minimum Gasteiger partial charge on any atom is -0.457 e. The molecule has 2 nitrogen and oxygen atoms in total. The molecule has 2 N–H and O–H groups in total. The van der Waals surface area contributed by atoms with Gasteiger partial charge in [0.15, 0.2) is 0 Å². The summed E-state index contributed by atoms with van der Waals surface area (Å²) in [5.74, 6) is 1.32. The van der Waals surface area contributed by atoms with Gasteiger partial charge in [-0.1, -0.05) is 35.3 Å². The molecule has 4 heteroatoms. The second-order valence-electron chi connectivity index (χ2n) is 4.07. The molecule has 0 spiro atoms. The number of hydrogen-bond acceptors (Lipinski definition) is 2. The van der Waals surface area contributed by atoms with Gasteiger partial charge in [0.1, 0.15) is 11.5 Å². The van der Waals surface area contributed by atoms with Crippen LogP contribution >= 0.6 is 23.2 Å². The van der Waals surface area contributed by atoms with Crippen molar-refractivity contribution in [3.63, 3.8) is 0 Å². The molecule has 1 atom stereocenters. The summed E-state index contributed by atoms with van der Waals surface area (Å²) in [5, 5.41) is 1.08. The van der Waals surface area contributed by atoms with Crippen LogP contribution in [0.1, 0.15) is 18.5 Å². The lowest BCUT2D eigenvalue weighted by atomic mass is 10.1. The van der Waals surface area contributed by atoms with E-state index in [4.69, 9.17) is 33.7 Å². The maximum Gasteiger partial charge on any atom is 0.130 e. The molecule has 0 fully saturated rings. The van der Waals surface area contributed by atoms with Crippen molar-refractivity contribution in [3.8, 4) is 11.5 Å². The van der Waals surface area contributed by atoms with Crippen molar-refractivity contribution in [3.05, 3.63) is 58.1 Å². The van der Waals surface area contributed by atoms with Crippen LogP contribution in [0.25, 0.3) is 0 Å². The van der Waals surface area contributed by atoms with E-state index in [9.17, 15) is 0 Å². The maximum absolute atomic E-state index is 5.91. The lowest BCUT2D eigenvalue weighted by Crippen LogP contribution is -2.04. The maximum atomic E-state index is 5.91. The Morgan fingerprint density at radius 3 is 2.28 bits per heavy atom. The Balaban J connectivity index is 2.25. The summed E-state index contributed by atoms with van der Waals surface area (Å²) >= 11 is 11.8. The van der Waals surface area contributed by atoms with Crippen LogP contribution in [0, 0.1) is 0 Å². The first kappa shape index (κ1) is 13.2. The Bertz CT molecular complexity index is 535. The molecule has 18 heavy (non-hydrogen) atoms. The molecule has 0 amide bonds. The van der Waals surface area contributed by atoms with Gasteiger partial charge >= 0.3 is 0 Å². The molecular weight excluding hydrogens is 269 g/mol. The molecule has 2 rings (SSSR count). The average molecular weight is 282 g/mol. The minimum atomic E-state index is -0.0310. The van der Waals surface area contributed by atoms with Gasteiger partial charge in [-0.05, 0) is 42.8 Å². The summed E-state index contributed by atoms with van der Waals surface area (Å²) in [6, 6.07) is 12.7. The van der Waals surface area contributed by atoms with Crippen molar-refractivity contribution < 1.29 is 4.74 Å². The number of rotatable bonds is 3. The van der Waals surface area contributed by atoms with Gasteiger partial charge in [-0.3, -0.25) is 0 Å². The number of ether oxygens (including phenoxy) is 1. The predicted octanol–water partition coefficient (Wildman–Crippen LogP) is 4.81. The molecule has 0 radical (unpaired) electrons. The normalized spacial score (nSPS) is 12.2. The van der Waals surface area contributed by atoms with Crippen molar-refractivity contribution in [2.75, 3.05) is 0 Å². The molecule has 0 heterocycles. The van der Waals surface area contributed by atoms with E-state index in [0.717, 1.165) is 5.56 Å². The number of nitrogens with two attached hydrogens (primary N) is 1. The zero-order valence-corrected chi connectivity index (χ0v) is 11.4. The lowest BCUT2D eigenvalue weighted by molar-refractivity contribution is 0.481. The first-order valence-corrected chi connectivity index (χ1v) is 6.29. The van der Waals surface area contributed by atoms with E-state index in [1.807, 2.05) is 31.2 Å². The summed E-state index contributed by atoms with van der Waals surface area (Å²) in [4.78, 5) is 0. The molecule has 0 aromatic heterocycles. The van der Waals surface area contributed by atoms with E-state index >= 15 is 0 Å². The molecule has 1 unspecified atom stereocenters.